The van der Waals surface area contributed by atoms with Crippen molar-refractivity contribution >= 4 is 40.5 Å². The fourth-order valence-electron chi connectivity index (χ4n) is 5.55. The van der Waals surface area contributed by atoms with Gasteiger partial charge in [-0.2, -0.15) is 0 Å². The maximum atomic E-state index is 14.1. The van der Waals surface area contributed by atoms with E-state index in [2.05, 4.69) is 4.98 Å². The summed E-state index contributed by atoms with van der Waals surface area (Å²) in [4.78, 5) is 46.1. The fourth-order valence-corrected chi connectivity index (χ4v) is 6.97. The topological polar surface area (TPSA) is 103 Å². The lowest BCUT2D eigenvalue weighted by molar-refractivity contribution is -0.139. The number of nitrogens with two attached hydrogens (primary N) is 1. The molecule has 0 radical (unpaired) electrons. The lowest BCUT2D eigenvalue weighted by Gasteiger charge is -2.34. The summed E-state index contributed by atoms with van der Waals surface area (Å²) < 4.78 is 5.58. The number of hydrogen-bond acceptors (Lipinski definition) is 6. The van der Waals surface area contributed by atoms with Crippen LogP contribution in [0.25, 0.3) is 10.4 Å². The average molecular weight is 488 g/mol. The molecule has 2 aliphatic heterocycles. The molecule has 2 aromatic rings. The second-order valence-corrected chi connectivity index (χ2v) is 10.7. The van der Waals surface area contributed by atoms with Gasteiger partial charge in [0.25, 0.3) is 5.91 Å². The summed E-state index contributed by atoms with van der Waals surface area (Å²) in [7, 11) is 0. The maximum absolute atomic E-state index is 14.1. The van der Waals surface area contributed by atoms with E-state index in [4.69, 9.17) is 22.1 Å². The molecule has 2 aromatic heterocycles. The van der Waals surface area contributed by atoms with Gasteiger partial charge < -0.3 is 15.4 Å². The second kappa shape index (κ2) is 9.16. The number of carbonyl (C=O) groups excluding carboxylic acids is 3. The minimum atomic E-state index is -0.651. The van der Waals surface area contributed by atoms with Crippen LogP contribution in [0, 0.1) is 5.92 Å². The number of ketones is 1. The van der Waals surface area contributed by atoms with Gasteiger partial charge >= 0.3 is 0 Å². The Balaban J connectivity index is 1.57. The molecule has 0 bridgehead atoms. The van der Waals surface area contributed by atoms with Crippen molar-refractivity contribution in [1.29, 1.82) is 0 Å². The number of nitrogens with zero attached hydrogens (tertiary/aromatic N) is 2. The van der Waals surface area contributed by atoms with Gasteiger partial charge in [0.1, 0.15) is 18.8 Å². The Morgan fingerprint density at radius 1 is 1.21 bits per heavy atom. The molecule has 33 heavy (non-hydrogen) atoms. The second-order valence-electron chi connectivity index (χ2n) is 9.06. The van der Waals surface area contributed by atoms with E-state index in [1.54, 1.807) is 17.3 Å². The zero-order valence-electron chi connectivity index (χ0n) is 18.1. The SMILES string of the molecule is NC(=O)c1sc(-c2ccncc2)cc1[C@@H](C(=O)N1C[C@H](Cl)[C@H]2OCC(=O)[C@H]21)C1CCCCC1. The summed E-state index contributed by atoms with van der Waals surface area (Å²) >= 11 is 7.77. The van der Waals surface area contributed by atoms with Gasteiger partial charge in [0, 0.05) is 23.8 Å². The molecule has 9 heteroatoms. The zero-order chi connectivity index (χ0) is 23.1. The Kier molecular flexibility index (Phi) is 6.24. The van der Waals surface area contributed by atoms with E-state index in [0.717, 1.165) is 42.5 Å². The first kappa shape index (κ1) is 22.5. The van der Waals surface area contributed by atoms with Crippen LogP contribution >= 0.6 is 22.9 Å². The lowest BCUT2D eigenvalue weighted by atomic mass is 9.75. The Labute approximate surface area is 201 Å². The molecule has 4 heterocycles. The number of halogens is 1. The largest absolute Gasteiger partial charge is 0.366 e. The van der Waals surface area contributed by atoms with Crippen molar-refractivity contribution in [2.75, 3.05) is 13.2 Å². The van der Waals surface area contributed by atoms with E-state index in [1.165, 1.54) is 11.3 Å². The van der Waals surface area contributed by atoms with E-state index >= 15 is 0 Å². The van der Waals surface area contributed by atoms with Crippen LogP contribution in [0.2, 0.25) is 0 Å². The quantitative estimate of drug-likeness (QED) is 0.651. The normalized spacial score (nSPS) is 26.4. The van der Waals surface area contributed by atoms with Gasteiger partial charge in [-0.05, 0) is 48.1 Å². The number of carbonyl (C=O) groups is 3. The Morgan fingerprint density at radius 3 is 2.64 bits per heavy atom. The van der Waals surface area contributed by atoms with Crippen LogP contribution in [0.1, 0.15) is 53.3 Å². The van der Waals surface area contributed by atoms with Crippen molar-refractivity contribution in [2.24, 2.45) is 11.7 Å². The minimum Gasteiger partial charge on any atom is -0.366 e. The molecule has 2 amide bonds. The van der Waals surface area contributed by atoms with E-state index in [-0.39, 0.29) is 30.8 Å². The predicted octanol–water partition coefficient (Wildman–Crippen LogP) is 3.36. The molecule has 0 spiro atoms. The van der Waals surface area contributed by atoms with E-state index < -0.39 is 29.3 Å². The first-order chi connectivity index (χ1) is 16.0. The molecule has 0 unspecified atom stereocenters. The number of hydrogen-bond donors (Lipinski definition) is 1. The van der Waals surface area contributed by atoms with Gasteiger partial charge in [0.05, 0.1) is 16.2 Å². The minimum absolute atomic E-state index is 0.0202. The van der Waals surface area contributed by atoms with Crippen LogP contribution < -0.4 is 5.73 Å². The van der Waals surface area contributed by atoms with Crippen LogP contribution in [-0.4, -0.2) is 58.2 Å². The summed E-state index contributed by atoms with van der Waals surface area (Å²) in [6, 6.07) is 5.02. The molecule has 0 aromatic carbocycles. The highest BCUT2D eigenvalue weighted by molar-refractivity contribution is 7.17. The van der Waals surface area contributed by atoms with E-state index in [1.807, 2.05) is 18.2 Å². The van der Waals surface area contributed by atoms with Crippen molar-refractivity contribution in [3.05, 3.63) is 41.0 Å². The van der Waals surface area contributed by atoms with Crippen molar-refractivity contribution in [3.8, 4) is 10.4 Å². The molecule has 2 saturated heterocycles. The monoisotopic (exact) mass is 487 g/mol. The molecular formula is C24H26ClN3O4S. The summed E-state index contributed by atoms with van der Waals surface area (Å²) in [6.07, 6.45) is 7.91. The summed E-state index contributed by atoms with van der Waals surface area (Å²) in [5, 5.41) is -0.428. The number of likely N-dealkylation sites (tertiary alicyclic amines) is 1. The number of Topliss-reactive ketones (excluding diaryl/α,β-unsaturated/α-hetero) is 1. The molecule has 7 nitrogen and oxygen atoms in total. The Morgan fingerprint density at radius 2 is 1.94 bits per heavy atom. The zero-order valence-corrected chi connectivity index (χ0v) is 19.7. The van der Waals surface area contributed by atoms with Crippen LogP contribution in [0.3, 0.4) is 0 Å². The molecule has 4 atom stereocenters. The average Bonchev–Trinajstić information content (AvgIpc) is 3.52. The molecule has 174 valence electrons. The number of rotatable bonds is 5. The summed E-state index contributed by atoms with van der Waals surface area (Å²) in [5.41, 5.74) is 7.38. The Bertz CT molecular complexity index is 1070. The number of amides is 2. The van der Waals surface area contributed by atoms with E-state index in [0.29, 0.717) is 10.4 Å². The van der Waals surface area contributed by atoms with Gasteiger partial charge in [0.2, 0.25) is 5.91 Å². The van der Waals surface area contributed by atoms with Gasteiger partial charge in [0.15, 0.2) is 5.78 Å². The van der Waals surface area contributed by atoms with Crippen LogP contribution in [0.5, 0.6) is 0 Å². The number of thiophene rings is 1. The van der Waals surface area contributed by atoms with Gasteiger partial charge in [-0.3, -0.25) is 19.4 Å². The highest BCUT2D eigenvalue weighted by atomic mass is 35.5. The molecular weight excluding hydrogens is 462 g/mol. The fraction of sp³-hybridized carbons (Fsp3) is 0.500. The van der Waals surface area contributed by atoms with Gasteiger partial charge in [-0.1, -0.05) is 19.3 Å². The number of aromatic nitrogens is 1. The highest BCUT2D eigenvalue weighted by Gasteiger charge is 2.53. The smallest absolute Gasteiger partial charge is 0.259 e. The number of ether oxygens (including phenoxy) is 1. The molecule has 3 aliphatic rings. The molecule has 2 N–H and O–H groups in total. The standard InChI is InChI=1S/C24H26ClN3O4S/c25-16-11-28(20-17(29)12-32-21(16)20)24(31)19(14-4-2-1-3-5-14)15-10-18(33-22(15)23(26)30)13-6-8-27-9-7-13/h6-10,14,16,19-21H,1-5,11-12H2,(H2,26,30)/t16-,19-,20+,21+/m0/s1. The van der Waals surface area contributed by atoms with Crippen molar-refractivity contribution in [2.45, 2.75) is 55.5 Å². The maximum Gasteiger partial charge on any atom is 0.259 e. The summed E-state index contributed by atoms with van der Waals surface area (Å²) in [6.45, 7) is 0.242. The molecule has 1 aliphatic carbocycles. The number of fused-ring (bicyclic) bond motifs is 1. The number of pyridine rings is 1. The van der Waals surface area contributed by atoms with Crippen LogP contribution in [-0.2, 0) is 14.3 Å². The van der Waals surface area contributed by atoms with Crippen molar-refractivity contribution in [3.63, 3.8) is 0 Å². The third kappa shape index (κ3) is 4.09. The van der Waals surface area contributed by atoms with Crippen molar-refractivity contribution < 1.29 is 19.1 Å². The Hall–Kier alpha value is -2.29. The first-order valence-corrected chi connectivity index (χ1v) is 12.6. The van der Waals surface area contributed by atoms with Crippen LogP contribution in [0.15, 0.2) is 30.6 Å². The lowest BCUT2D eigenvalue weighted by Crippen LogP contribution is -2.46. The van der Waals surface area contributed by atoms with Crippen molar-refractivity contribution in [1.82, 2.24) is 9.88 Å². The molecule has 1 saturated carbocycles. The predicted molar refractivity (Wildman–Crippen MR) is 125 cm³/mol. The van der Waals surface area contributed by atoms with Crippen LogP contribution in [0.4, 0.5) is 0 Å². The molecule has 3 fully saturated rings. The van der Waals surface area contributed by atoms with Gasteiger partial charge in [-0.25, -0.2) is 0 Å². The van der Waals surface area contributed by atoms with E-state index in [9.17, 15) is 14.4 Å². The molecule has 5 rings (SSSR count). The van der Waals surface area contributed by atoms with Gasteiger partial charge in [-0.15, -0.1) is 22.9 Å². The summed E-state index contributed by atoms with van der Waals surface area (Å²) in [5.74, 6) is -1.28. The third-order valence-electron chi connectivity index (χ3n) is 7.08. The number of alkyl halides is 1. The number of primary amides is 1. The third-order valence-corrected chi connectivity index (χ3v) is 8.68. The first-order valence-electron chi connectivity index (χ1n) is 11.4. The highest BCUT2D eigenvalue weighted by Crippen LogP contribution is 2.44.